The highest BCUT2D eigenvalue weighted by molar-refractivity contribution is 6.99. The van der Waals surface area contributed by atoms with Crippen LogP contribution in [0.3, 0.4) is 0 Å². The van der Waals surface area contributed by atoms with Crippen molar-refractivity contribution in [3.05, 3.63) is 47.7 Å². The summed E-state index contributed by atoms with van der Waals surface area (Å²) < 4.78 is 48.2. The number of hydrogen-bond donors (Lipinski definition) is 1. The predicted octanol–water partition coefficient (Wildman–Crippen LogP) is 2.65. The molecule has 0 aliphatic carbocycles. The number of hydrogen-bond acceptors (Lipinski definition) is 9. The van der Waals surface area contributed by atoms with E-state index in [4.69, 9.17) is 9.47 Å². The van der Waals surface area contributed by atoms with Crippen LogP contribution in [0.5, 0.6) is 0 Å². The second kappa shape index (κ2) is 10.1. The molecule has 1 N–H and O–H groups in total. The molecule has 0 bridgehead atoms. The van der Waals surface area contributed by atoms with Crippen molar-refractivity contribution in [3.63, 3.8) is 0 Å². The fourth-order valence-corrected chi connectivity index (χ4v) is 4.16. The van der Waals surface area contributed by atoms with Crippen molar-refractivity contribution in [3.8, 4) is 0 Å². The number of nitrogens with zero attached hydrogens (tertiary/aromatic N) is 4. The molecule has 0 radical (unpaired) electrons. The smallest absolute Gasteiger partial charge is 0.414 e. The van der Waals surface area contributed by atoms with Crippen LogP contribution in [0.25, 0.3) is 0 Å². The minimum atomic E-state index is -1.01. The lowest BCUT2D eigenvalue weighted by Gasteiger charge is -2.33. The first kappa shape index (κ1) is 23.5. The summed E-state index contributed by atoms with van der Waals surface area (Å²) in [6.45, 7) is 1.19. The molecule has 0 saturated carbocycles. The molecule has 4 rings (SSSR count). The summed E-state index contributed by atoms with van der Waals surface area (Å²) in [5.74, 6) is -2.50. The number of benzene rings is 1. The van der Waals surface area contributed by atoms with E-state index in [-0.39, 0.29) is 30.9 Å². The molecular formula is C21H21F2N5O5S. The average molecular weight is 493 g/mol. The van der Waals surface area contributed by atoms with Gasteiger partial charge in [-0.1, -0.05) is 12.2 Å². The van der Waals surface area contributed by atoms with Crippen LogP contribution >= 0.6 is 11.7 Å². The van der Waals surface area contributed by atoms with Crippen LogP contribution in [0.4, 0.5) is 25.1 Å². The van der Waals surface area contributed by atoms with Gasteiger partial charge < -0.3 is 19.7 Å². The fourth-order valence-electron chi connectivity index (χ4n) is 3.77. The van der Waals surface area contributed by atoms with Crippen molar-refractivity contribution in [1.82, 2.24) is 13.6 Å². The highest BCUT2D eigenvalue weighted by atomic mass is 32.1. The van der Waals surface area contributed by atoms with E-state index in [1.54, 1.807) is 6.08 Å². The van der Waals surface area contributed by atoms with E-state index < -0.39 is 48.4 Å². The number of cyclic esters (lactones) is 1. The van der Waals surface area contributed by atoms with Gasteiger partial charge in [0.05, 0.1) is 48.3 Å². The minimum Gasteiger partial charge on any atom is -0.456 e. The van der Waals surface area contributed by atoms with Crippen molar-refractivity contribution in [2.75, 3.05) is 36.5 Å². The van der Waals surface area contributed by atoms with Gasteiger partial charge in [-0.2, -0.15) is 8.75 Å². The Kier molecular flexibility index (Phi) is 7.01. The van der Waals surface area contributed by atoms with Crippen LogP contribution in [-0.2, 0) is 19.1 Å². The quantitative estimate of drug-likeness (QED) is 0.463. The summed E-state index contributed by atoms with van der Waals surface area (Å²) in [6, 6.07) is 1.06. The highest BCUT2D eigenvalue weighted by Crippen LogP contribution is 2.34. The molecule has 1 aromatic carbocycles. The molecule has 2 aliphatic rings. The third kappa shape index (κ3) is 5.14. The number of ether oxygens (including phenoxy) is 2. The number of esters is 1. The zero-order chi connectivity index (χ0) is 24.2. The lowest BCUT2D eigenvalue weighted by atomic mass is 9.99. The summed E-state index contributed by atoms with van der Waals surface area (Å²) in [6.07, 6.45) is 3.98. The van der Waals surface area contributed by atoms with Gasteiger partial charge in [0.1, 0.15) is 17.7 Å². The molecular weight excluding hydrogens is 472 g/mol. The Hall–Kier alpha value is -3.61. The van der Waals surface area contributed by atoms with Crippen LogP contribution < -0.4 is 10.2 Å². The summed E-state index contributed by atoms with van der Waals surface area (Å²) in [5, 5.41) is 2.98. The van der Waals surface area contributed by atoms with Crippen molar-refractivity contribution in [2.45, 2.75) is 25.5 Å². The molecule has 3 heterocycles. The number of carbonyl (C=O) groups excluding carboxylic acids is 3. The first-order valence-electron chi connectivity index (χ1n) is 10.4. The molecule has 2 atom stereocenters. The van der Waals surface area contributed by atoms with Crippen LogP contribution in [-0.4, -0.2) is 64.0 Å². The van der Waals surface area contributed by atoms with E-state index in [0.717, 1.165) is 28.8 Å². The summed E-state index contributed by atoms with van der Waals surface area (Å²) in [5.41, 5.74) is -0.336. The third-order valence-electron chi connectivity index (χ3n) is 5.33. The van der Waals surface area contributed by atoms with Gasteiger partial charge in [0.25, 0.3) is 5.91 Å². The molecule has 13 heteroatoms. The first-order chi connectivity index (χ1) is 16.3. The molecule has 1 unspecified atom stereocenters. The molecule has 0 spiro atoms. The zero-order valence-corrected chi connectivity index (χ0v) is 18.9. The van der Waals surface area contributed by atoms with Gasteiger partial charge in [0, 0.05) is 13.5 Å². The fraction of sp³-hybridized carbons (Fsp3) is 0.381. The lowest BCUT2D eigenvalue weighted by Crippen LogP contribution is -2.40. The van der Waals surface area contributed by atoms with Crippen LogP contribution in [0, 0.1) is 11.6 Å². The Morgan fingerprint density at radius 1 is 1.32 bits per heavy atom. The number of anilines is 2. The molecule has 1 fully saturated rings. The minimum absolute atomic E-state index is 0.000784. The van der Waals surface area contributed by atoms with Crippen molar-refractivity contribution >= 4 is 41.2 Å². The van der Waals surface area contributed by atoms with Gasteiger partial charge in [-0.05, 0) is 18.6 Å². The van der Waals surface area contributed by atoms with Crippen LogP contribution in [0.2, 0.25) is 0 Å². The van der Waals surface area contributed by atoms with Crippen molar-refractivity contribution in [1.29, 1.82) is 0 Å². The van der Waals surface area contributed by atoms with Gasteiger partial charge in [-0.25, -0.2) is 13.6 Å². The first-order valence-corrected chi connectivity index (χ1v) is 11.1. The van der Waals surface area contributed by atoms with Crippen LogP contribution in [0.15, 0.2) is 30.5 Å². The van der Waals surface area contributed by atoms with Crippen molar-refractivity contribution < 1.29 is 32.6 Å². The normalized spacial score (nSPS) is 19.8. The summed E-state index contributed by atoms with van der Waals surface area (Å²) in [7, 11) is 0. The Labute approximate surface area is 197 Å². The van der Waals surface area contributed by atoms with E-state index in [0.29, 0.717) is 12.2 Å². The number of nitrogens with one attached hydrogen (secondary N) is 1. The summed E-state index contributed by atoms with van der Waals surface area (Å²) >= 11 is 1.03. The second-order valence-corrected chi connectivity index (χ2v) is 8.20. The van der Waals surface area contributed by atoms with Gasteiger partial charge in [-0.15, -0.1) is 0 Å². The standard InChI is InChI=1S/C21H21F2N5O5S/c1-12(29)32-11-19(30)27-5-3-2-4-17(27)20-15(22)6-13(7-16(20)23)28-10-14(33-21(28)31)8-24-18-9-25-34-26-18/h2,4,6-7,9,14,17H,3,5,8,10-11H2,1H3,(H,24,26)/t14-,17?/m0/s1. The molecule has 1 saturated heterocycles. The molecule has 2 aromatic rings. The number of carbonyl (C=O) groups is 3. The van der Waals surface area contributed by atoms with Crippen molar-refractivity contribution in [2.24, 2.45) is 0 Å². The number of rotatable bonds is 7. The maximum Gasteiger partial charge on any atom is 0.414 e. The lowest BCUT2D eigenvalue weighted by molar-refractivity contribution is -0.151. The van der Waals surface area contributed by atoms with E-state index in [1.807, 2.05) is 0 Å². The highest BCUT2D eigenvalue weighted by Gasteiger charge is 2.35. The van der Waals surface area contributed by atoms with E-state index in [2.05, 4.69) is 14.1 Å². The van der Waals surface area contributed by atoms with Gasteiger partial charge in [0.2, 0.25) is 0 Å². The molecule has 10 nitrogen and oxygen atoms in total. The van der Waals surface area contributed by atoms with Gasteiger partial charge >= 0.3 is 12.1 Å². The molecule has 1 aromatic heterocycles. The Balaban J connectivity index is 1.50. The number of amides is 2. The van der Waals surface area contributed by atoms with Gasteiger partial charge in [0.15, 0.2) is 12.4 Å². The maximum absolute atomic E-state index is 15.2. The monoisotopic (exact) mass is 493 g/mol. The van der Waals surface area contributed by atoms with E-state index >= 15 is 8.78 Å². The molecule has 2 amide bonds. The number of aromatic nitrogens is 2. The molecule has 180 valence electrons. The van der Waals surface area contributed by atoms with Gasteiger partial charge in [-0.3, -0.25) is 14.5 Å². The van der Waals surface area contributed by atoms with E-state index in [9.17, 15) is 14.4 Å². The maximum atomic E-state index is 15.2. The average Bonchev–Trinajstić information content (AvgIpc) is 3.45. The summed E-state index contributed by atoms with van der Waals surface area (Å²) in [4.78, 5) is 38.2. The number of halogens is 2. The second-order valence-electron chi connectivity index (χ2n) is 7.64. The SMILES string of the molecule is CC(=O)OCC(=O)N1CCC=CC1c1c(F)cc(N2C[C@H](CNc3cnsn3)OC2=O)cc1F. The predicted molar refractivity (Wildman–Crippen MR) is 117 cm³/mol. The Bertz CT molecular complexity index is 1090. The molecule has 2 aliphatic heterocycles. The largest absolute Gasteiger partial charge is 0.456 e. The Morgan fingerprint density at radius 3 is 2.76 bits per heavy atom. The zero-order valence-electron chi connectivity index (χ0n) is 18.1. The Morgan fingerprint density at radius 2 is 2.09 bits per heavy atom. The molecule has 34 heavy (non-hydrogen) atoms. The van der Waals surface area contributed by atoms with E-state index in [1.165, 1.54) is 24.1 Å². The van der Waals surface area contributed by atoms with Crippen LogP contribution in [0.1, 0.15) is 24.9 Å². The topological polar surface area (TPSA) is 114 Å². The third-order valence-corrected chi connectivity index (χ3v) is 5.81.